The lowest BCUT2D eigenvalue weighted by Gasteiger charge is -2.11. The topological polar surface area (TPSA) is 74.9 Å². The zero-order chi connectivity index (χ0) is 18.7. The molecule has 0 saturated carbocycles. The Morgan fingerprint density at radius 3 is 2.27 bits per heavy atom. The van der Waals surface area contributed by atoms with Gasteiger partial charge in [-0.2, -0.15) is 5.26 Å². The Morgan fingerprint density at radius 2 is 1.65 bits per heavy atom. The molecular weight excluding hydrogens is 346 g/mol. The zero-order valence-corrected chi connectivity index (χ0v) is 15.4. The quantitative estimate of drug-likeness (QED) is 0.752. The highest BCUT2D eigenvalue weighted by atomic mass is 32.2. The molecule has 0 radical (unpaired) electrons. The fourth-order valence-corrected chi connectivity index (χ4v) is 3.90. The van der Waals surface area contributed by atoms with Gasteiger partial charge in [0.1, 0.15) is 0 Å². The van der Waals surface area contributed by atoms with Crippen molar-refractivity contribution in [2.45, 2.75) is 25.3 Å². The van der Waals surface area contributed by atoms with Crippen LogP contribution in [-0.2, 0) is 16.6 Å². The summed E-state index contributed by atoms with van der Waals surface area (Å²) < 4.78 is 29.5. The molecule has 1 aromatic heterocycles. The predicted octanol–water partition coefficient (Wildman–Crippen LogP) is 3.44. The molecule has 132 valence electrons. The minimum absolute atomic E-state index is 0.0896. The maximum absolute atomic E-state index is 12.4. The number of aryl methyl sites for hydroxylation is 2. The van der Waals surface area contributed by atoms with Crippen LogP contribution in [0.5, 0.6) is 0 Å². The van der Waals surface area contributed by atoms with Crippen molar-refractivity contribution in [3.63, 3.8) is 0 Å². The molecular formula is C20H19N3O2S. The molecule has 0 aliphatic heterocycles. The van der Waals surface area contributed by atoms with E-state index in [4.69, 9.17) is 5.26 Å². The van der Waals surface area contributed by atoms with Crippen molar-refractivity contribution in [2.24, 2.45) is 0 Å². The highest BCUT2D eigenvalue weighted by molar-refractivity contribution is 7.89. The molecule has 0 bridgehead atoms. The van der Waals surface area contributed by atoms with E-state index in [9.17, 15) is 8.42 Å². The van der Waals surface area contributed by atoms with Gasteiger partial charge in [0.15, 0.2) is 0 Å². The van der Waals surface area contributed by atoms with Crippen LogP contribution in [0.2, 0.25) is 0 Å². The molecule has 1 heterocycles. The lowest BCUT2D eigenvalue weighted by atomic mass is 10.2. The average molecular weight is 365 g/mol. The normalized spacial score (nSPS) is 11.3. The molecule has 6 heteroatoms. The second kappa shape index (κ2) is 7.16. The van der Waals surface area contributed by atoms with Gasteiger partial charge in [-0.3, -0.25) is 0 Å². The molecule has 3 aromatic rings. The molecule has 0 fully saturated rings. The third-order valence-electron chi connectivity index (χ3n) is 4.21. The number of nitriles is 1. The lowest BCUT2D eigenvalue weighted by molar-refractivity contribution is 0.581. The molecule has 0 aliphatic carbocycles. The molecule has 0 aliphatic rings. The van der Waals surface area contributed by atoms with Crippen molar-refractivity contribution in [3.8, 4) is 11.8 Å². The van der Waals surface area contributed by atoms with Crippen molar-refractivity contribution in [1.82, 2.24) is 9.29 Å². The van der Waals surface area contributed by atoms with Crippen LogP contribution in [0.15, 0.2) is 65.6 Å². The van der Waals surface area contributed by atoms with E-state index in [2.05, 4.69) is 21.4 Å². The van der Waals surface area contributed by atoms with E-state index < -0.39 is 10.0 Å². The standard InChI is InChI=1S/C20H19N3O2S/c1-15-6-7-16(2)23(15)19-10-8-17(9-11-19)14-22-26(24,25)20-5-3-4-18(12-20)13-21/h3-12,22H,14H2,1-2H3. The van der Waals surface area contributed by atoms with Crippen molar-refractivity contribution in [3.05, 3.63) is 83.2 Å². The Labute approximate surface area is 153 Å². The van der Waals surface area contributed by atoms with Gasteiger partial charge in [-0.05, 0) is 61.9 Å². The van der Waals surface area contributed by atoms with Gasteiger partial charge in [0, 0.05) is 23.6 Å². The smallest absolute Gasteiger partial charge is 0.240 e. The fraction of sp³-hybridized carbons (Fsp3) is 0.150. The summed E-state index contributed by atoms with van der Waals surface area (Å²) >= 11 is 0. The summed E-state index contributed by atoms with van der Waals surface area (Å²) in [6, 6.07) is 19.8. The van der Waals surface area contributed by atoms with E-state index in [0.29, 0.717) is 5.56 Å². The van der Waals surface area contributed by atoms with E-state index >= 15 is 0 Å². The third-order valence-corrected chi connectivity index (χ3v) is 5.60. The monoisotopic (exact) mass is 365 g/mol. The number of hydrogen-bond donors (Lipinski definition) is 1. The minimum Gasteiger partial charge on any atom is -0.319 e. The number of aromatic nitrogens is 1. The molecule has 2 aromatic carbocycles. The van der Waals surface area contributed by atoms with Crippen LogP contribution in [0.4, 0.5) is 0 Å². The summed E-state index contributed by atoms with van der Waals surface area (Å²) in [7, 11) is -3.66. The number of sulfonamides is 1. The zero-order valence-electron chi connectivity index (χ0n) is 14.6. The summed E-state index contributed by atoms with van der Waals surface area (Å²) in [4.78, 5) is 0.0896. The Morgan fingerprint density at radius 1 is 1.00 bits per heavy atom. The molecule has 0 amide bonds. The number of benzene rings is 2. The number of hydrogen-bond acceptors (Lipinski definition) is 3. The summed E-state index contributed by atoms with van der Waals surface area (Å²) in [5.74, 6) is 0. The lowest BCUT2D eigenvalue weighted by Crippen LogP contribution is -2.23. The maximum atomic E-state index is 12.4. The minimum atomic E-state index is -3.66. The van der Waals surface area contributed by atoms with Crippen LogP contribution in [0.3, 0.4) is 0 Å². The number of nitrogens with zero attached hydrogens (tertiary/aromatic N) is 2. The second-order valence-electron chi connectivity index (χ2n) is 6.08. The van der Waals surface area contributed by atoms with Crippen LogP contribution in [0.1, 0.15) is 22.5 Å². The van der Waals surface area contributed by atoms with E-state index in [1.54, 1.807) is 12.1 Å². The molecule has 3 rings (SSSR count). The van der Waals surface area contributed by atoms with Gasteiger partial charge in [0.05, 0.1) is 16.5 Å². The van der Waals surface area contributed by atoms with Gasteiger partial charge in [-0.1, -0.05) is 18.2 Å². The number of nitrogens with one attached hydrogen (secondary N) is 1. The van der Waals surface area contributed by atoms with Gasteiger partial charge >= 0.3 is 0 Å². The van der Waals surface area contributed by atoms with Gasteiger partial charge in [-0.15, -0.1) is 0 Å². The third kappa shape index (κ3) is 3.69. The maximum Gasteiger partial charge on any atom is 0.240 e. The largest absolute Gasteiger partial charge is 0.319 e. The van der Waals surface area contributed by atoms with Gasteiger partial charge < -0.3 is 4.57 Å². The van der Waals surface area contributed by atoms with E-state index in [1.807, 2.05) is 44.2 Å². The second-order valence-corrected chi connectivity index (χ2v) is 7.85. The van der Waals surface area contributed by atoms with Crippen molar-refractivity contribution >= 4 is 10.0 Å². The Kier molecular flexibility index (Phi) is 4.94. The summed E-state index contributed by atoms with van der Waals surface area (Å²) in [5, 5.41) is 8.91. The van der Waals surface area contributed by atoms with Crippen molar-refractivity contribution in [2.75, 3.05) is 0 Å². The van der Waals surface area contributed by atoms with Crippen LogP contribution >= 0.6 is 0 Å². The predicted molar refractivity (Wildman–Crippen MR) is 100 cm³/mol. The summed E-state index contributed by atoms with van der Waals surface area (Å²) in [5.41, 5.74) is 4.51. The van der Waals surface area contributed by atoms with Gasteiger partial charge in [0.2, 0.25) is 10.0 Å². The van der Waals surface area contributed by atoms with Crippen molar-refractivity contribution in [1.29, 1.82) is 5.26 Å². The highest BCUT2D eigenvalue weighted by Gasteiger charge is 2.14. The van der Waals surface area contributed by atoms with Gasteiger partial charge in [-0.25, -0.2) is 13.1 Å². The molecule has 5 nitrogen and oxygen atoms in total. The first-order valence-corrected chi connectivity index (χ1v) is 9.63. The first-order valence-electron chi connectivity index (χ1n) is 8.15. The highest BCUT2D eigenvalue weighted by Crippen LogP contribution is 2.17. The number of rotatable bonds is 5. The van der Waals surface area contributed by atoms with Crippen LogP contribution < -0.4 is 4.72 Å². The Balaban J connectivity index is 1.75. The van der Waals surface area contributed by atoms with E-state index in [0.717, 1.165) is 22.6 Å². The molecule has 0 atom stereocenters. The average Bonchev–Trinajstić information content (AvgIpc) is 2.99. The van der Waals surface area contributed by atoms with E-state index in [-0.39, 0.29) is 11.4 Å². The summed E-state index contributed by atoms with van der Waals surface area (Å²) in [6.07, 6.45) is 0. The van der Waals surface area contributed by atoms with E-state index in [1.165, 1.54) is 12.1 Å². The van der Waals surface area contributed by atoms with Crippen LogP contribution in [0, 0.1) is 25.2 Å². The molecule has 0 spiro atoms. The van der Waals surface area contributed by atoms with Crippen LogP contribution in [-0.4, -0.2) is 13.0 Å². The first kappa shape index (κ1) is 17.9. The molecule has 0 saturated heterocycles. The molecule has 0 unspecified atom stereocenters. The van der Waals surface area contributed by atoms with Crippen molar-refractivity contribution < 1.29 is 8.42 Å². The molecule has 26 heavy (non-hydrogen) atoms. The Hall–Kier alpha value is -2.88. The summed E-state index contributed by atoms with van der Waals surface area (Å²) in [6.45, 7) is 4.28. The van der Waals surface area contributed by atoms with Crippen LogP contribution in [0.25, 0.3) is 5.69 Å². The van der Waals surface area contributed by atoms with Gasteiger partial charge in [0.25, 0.3) is 0 Å². The fourth-order valence-electron chi connectivity index (χ4n) is 2.83. The molecule has 1 N–H and O–H groups in total. The SMILES string of the molecule is Cc1ccc(C)n1-c1ccc(CNS(=O)(=O)c2cccc(C#N)c2)cc1. The Bertz CT molecular complexity index is 1060. The first-order chi connectivity index (χ1) is 12.4.